The molecule has 7 nitrogen and oxygen atoms in total. The molecule has 0 aliphatic heterocycles. The van der Waals surface area contributed by atoms with E-state index in [1.807, 2.05) is 37.3 Å². The molecule has 5 rings (SSSR count). The molecule has 0 aliphatic rings. The lowest BCUT2D eigenvalue weighted by atomic mass is 10.1. The van der Waals surface area contributed by atoms with Gasteiger partial charge in [0.15, 0.2) is 5.65 Å². The number of aromatic nitrogens is 5. The van der Waals surface area contributed by atoms with Crippen LogP contribution in [0.4, 0.5) is 5.82 Å². The van der Waals surface area contributed by atoms with Gasteiger partial charge in [-0.3, -0.25) is 14.9 Å². The van der Waals surface area contributed by atoms with Gasteiger partial charge >= 0.3 is 0 Å². The molecule has 0 spiro atoms. The van der Waals surface area contributed by atoms with Crippen LogP contribution in [0.5, 0.6) is 0 Å². The quantitative estimate of drug-likeness (QED) is 0.491. The van der Waals surface area contributed by atoms with Gasteiger partial charge in [-0.05, 0) is 48.2 Å². The highest BCUT2D eigenvalue weighted by Crippen LogP contribution is 2.25. The molecule has 0 fully saturated rings. The van der Waals surface area contributed by atoms with E-state index in [-0.39, 0.29) is 5.91 Å². The van der Waals surface area contributed by atoms with Gasteiger partial charge in [0.05, 0.1) is 11.9 Å². The molecule has 5 aromatic rings. The molecule has 0 unspecified atom stereocenters. The molecule has 0 atom stereocenters. The fourth-order valence-electron chi connectivity index (χ4n) is 3.27. The first kappa shape index (κ1) is 17.0. The number of nitrogens with zero attached hydrogens (tertiary/aromatic N) is 4. The Morgan fingerprint density at radius 3 is 2.83 bits per heavy atom. The predicted molar refractivity (Wildman–Crippen MR) is 112 cm³/mol. The van der Waals surface area contributed by atoms with Crippen LogP contribution in [-0.4, -0.2) is 31.1 Å². The number of nitrogens with one attached hydrogen (secondary N) is 2. The van der Waals surface area contributed by atoms with Crippen molar-refractivity contribution < 1.29 is 4.79 Å². The van der Waals surface area contributed by atoms with Crippen molar-refractivity contribution in [2.45, 2.75) is 6.92 Å². The zero-order valence-corrected chi connectivity index (χ0v) is 15.5. The summed E-state index contributed by atoms with van der Waals surface area (Å²) in [5.41, 5.74) is 3.91. The third kappa shape index (κ3) is 3.19. The second kappa shape index (κ2) is 6.79. The van der Waals surface area contributed by atoms with E-state index >= 15 is 0 Å². The van der Waals surface area contributed by atoms with Gasteiger partial charge in [0.25, 0.3) is 5.91 Å². The lowest BCUT2D eigenvalue weighted by Gasteiger charge is -2.10. The lowest BCUT2D eigenvalue weighted by Crippen LogP contribution is -2.13. The molecule has 4 aromatic heterocycles. The van der Waals surface area contributed by atoms with Crippen LogP contribution in [0.2, 0.25) is 0 Å². The number of aromatic amines is 1. The average molecular weight is 380 g/mol. The van der Waals surface area contributed by atoms with Crippen LogP contribution in [-0.2, 0) is 0 Å². The number of H-pyrrole nitrogens is 1. The van der Waals surface area contributed by atoms with E-state index in [9.17, 15) is 4.79 Å². The number of amides is 1. The van der Waals surface area contributed by atoms with E-state index in [1.165, 1.54) is 0 Å². The Bertz CT molecular complexity index is 1370. The lowest BCUT2D eigenvalue weighted by molar-refractivity contribution is 0.102. The van der Waals surface area contributed by atoms with Crippen LogP contribution < -0.4 is 5.32 Å². The zero-order valence-electron chi connectivity index (χ0n) is 15.5. The third-order valence-corrected chi connectivity index (χ3v) is 4.81. The van der Waals surface area contributed by atoms with Crippen molar-refractivity contribution in [2.24, 2.45) is 0 Å². The molecule has 0 radical (unpaired) electrons. The smallest absolute Gasteiger partial charge is 0.256 e. The number of aryl methyl sites for hydroxylation is 1. The number of pyridine rings is 3. The molecule has 140 valence electrons. The van der Waals surface area contributed by atoms with Gasteiger partial charge in [0, 0.05) is 40.5 Å². The maximum Gasteiger partial charge on any atom is 0.256 e. The summed E-state index contributed by atoms with van der Waals surface area (Å²) in [6, 6.07) is 13.1. The molecule has 1 aromatic carbocycles. The second-order valence-electron chi connectivity index (χ2n) is 6.79. The van der Waals surface area contributed by atoms with Crippen molar-refractivity contribution in [3.63, 3.8) is 0 Å². The molecule has 0 aliphatic carbocycles. The zero-order chi connectivity index (χ0) is 19.8. The molecule has 29 heavy (non-hydrogen) atoms. The minimum absolute atomic E-state index is 0.213. The van der Waals surface area contributed by atoms with Gasteiger partial charge < -0.3 is 5.32 Å². The molecular weight excluding hydrogens is 364 g/mol. The van der Waals surface area contributed by atoms with Gasteiger partial charge in [-0.15, -0.1) is 0 Å². The van der Waals surface area contributed by atoms with Crippen LogP contribution in [0.1, 0.15) is 15.9 Å². The Kier molecular flexibility index (Phi) is 3.98. The second-order valence-corrected chi connectivity index (χ2v) is 6.79. The fourth-order valence-corrected chi connectivity index (χ4v) is 3.27. The highest BCUT2D eigenvalue weighted by atomic mass is 16.1. The monoisotopic (exact) mass is 380 g/mol. The third-order valence-electron chi connectivity index (χ3n) is 4.81. The highest BCUT2D eigenvalue weighted by molar-refractivity contribution is 6.06. The van der Waals surface area contributed by atoms with Crippen LogP contribution in [0.25, 0.3) is 33.1 Å². The summed E-state index contributed by atoms with van der Waals surface area (Å²) in [5.74, 6) is 0.271. The Balaban J connectivity index is 1.46. The Morgan fingerprint density at radius 2 is 1.90 bits per heavy atom. The van der Waals surface area contributed by atoms with Crippen molar-refractivity contribution in [2.75, 3.05) is 5.32 Å². The molecule has 4 heterocycles. The summed E-state index contributed by atoms with van der Waals surface area (Å²) in [6.45, 7) is 1.98. The average Bonchev–Trinajstić information content (AvgIpc) is 3.22. The van der Waals surface area contributed by atoms with Crippen LogP contribution in [0.3, 0.4) is 0 Å². The van der Waals surface area contributed by atoms with Crippen LogP contribution >= 0.6 is 0 Å². The molecule has 0 bridgehead atoms. The molecule has 1 amide bonds. The predicted octanol–water partition coefficient (Wildman–Crippen LogP) is 4.13. The number of benzene rings is 1. The maximum absolute atomic E-state index is 12.7. The summed E-state index contributed by atoms with van der Waals surface area (Å²) in [6.07, 6.45) is 6.96. The fraction of sp³-hybridized carbons (Fsp3) is 0.0455. The van der Waals surface area contributed by atoms with Crippen molar-refractivity contribution in [3.8, 4) is 11.3 Å². The van der Waals surface area contributed by atoms with Gasteiger partial charge in [0.2, 0.25) is 0 Å². The number of hydrogen-bond donors (Lipinski definition) is 2. The molecule has 7 heteroatoms. The molecular formula is C22H16N6O. The minimum atomic E-state index is -0.213. The van der Waals surface area contributed by atoms with Gasteiger partial charge in [0.1, 0.15) is 5.82 Å². The summed E-state index contributed by atoms with van der Waals surface area (Å²) >= 11 is 0. The number of fused-ring (bicyclic) bond motifs is 2. The van der Waals surface area contributed by atoms with Crippen molar-refractivity contribution in [3.05, 3.63) is 78.4 Å². The minimum Gasteiger partial charge on any atom is -0.307 e. The topological polar surface area (TPSA) is 96.5 Å². The van der Waals surface area contributed by atoms with E-state index in [2.05, 4.69) is 30.5 Å². The Morgan fingerprint density at radius 1 is 0.966 bits per heavy atom. The summed E-state index contributed by atoms with van der Waals surface area (Å²) < 4.78 is 0. The van der Waals surface area contributed by atoms with Crippen molar-refractivity contribution >= 4 is 33.5 Å². The van der Waals surface area contributed by atoms with Crippen LogP contribution in [0.15, 0.2) is 67.3 Å². The van der Waals surface area contributed by atoms with E-state index in [1.54, 1.807) is 36.9 Å². The summed E-state index contributed by atoms with van der Waals surface area (Å²) in [4.78, 5) is 25.9. The normalized spacial score (nSPS) is 11.1. The number of anilines is 1. The first-order valence-electron chi connectivity index (χ1n) is 9.10. The highest BCUT2D eigenvalue weighted by Gasteiger charge is 2.11. The molecule has 0 saturated heterocycles. The first-order valence-corrected chi connectivity index (χ1v) is 9.10. The number of carbonyl (C=O) groups excluding carboxylic acids is 1. The Hall–Kier alpha value is -4.13. The Labute approximate surface area is 165 Å². The van der Waals surface area contributed by atoms with Gasteiger partial charge in [-0.25, -0.2) is 9.97 Å². The largest absolute Gasteiger partial charge is 0.307 e. The van der Waals surface area contributed by atoms with E-state index in [0.717, 1.165) is 38.6 Å². The number of hydrogen-bond acceptors (Lipinski definition) is 5. The van der Waals surface area contributed by atoms with Crippen molar-refractivity contribution in [1.29, 1.82) is 0 Å². The van der Waals surface area contributed by atoms with E-state index in [0.29, 0.717) is 11.4 Å². The summed E-state index contributed by atoms with van der Waals surface area (Å²) in [7, 11) is 0. The van der Waals surface area contributed by atoms with Crippen molar-refractivity contribution in [1.82, 2.24) is 25.1 Å². The van der Waals surface area contributed by atoms with Gasteiger partial charge in [-0.2, -0.15) is 5.10 Å². The number of carbonyl (C=O) groups is 1. The van der Waals surface area contributed by atoms with Gasteiger partial charge in [-0.1, -0.05) is 12.1 Å². The first-order chi connectivity index (χ1) is 14.2. The SMILES string of the molecule is Cc1ccc(NC(=O)c2ccc3cnccc3c2)nc1-c1cnc2[nH]ncc2c1. The molecule has 2 N–H and O–H groups in total. The maximum atomic E-state index is 12.7. The summed E-state index contributed by atoms with van der Waals surface area (Å²) in [5, 5.41) is 12.6. The van der Waals surface area contributed by atoms with Crippen LogP contribution in [0, 0.1) is 6.92 Å². The molecule has 0 saturated carbocycles. The van der Waals surface area contributed by atoms with E-state index in [4.69, 9.17) is 0 Å². The number of rotatable bonds is 3. The standard InChI is InChI=1S/C22H16N6O/c1-13-2-5-19(26-20(13)17-9-18-12-25-28-21(18)24-11-17)27-22(29)15-3-4-16-10-23-7-6-14(16)8-15/h2-12H,1H3,(H,24,25,28)(H,26,27,29). The van der Waals surface area contributed by atoms with E-state index < -0.39 is 0 Å².